The number of rotatable bonds is 8. The molecule has 1 amide bonds. The second-order valence-corrected chi connectivity index (χ2v) is 7.90. The number of benzene rings is 1. The number of methoxy groups -OCH3 is 3. The van der Waals surface area contributed by atoms with Gasteiger partial charge in [0.2, 0.25) is 11.3 Å². The highest BCUT2D eigenvalue weighted by atomic mass is 16.5. The molecule has 2 heterocycles. The SMILES string of the molecule is COc1ccc(OC)c(NC(=O)Cn2cc(OC)c(=O)cc2CN2CCC(C)CC2)c1. The molecule has 0 saturated carbocycles. The molecule has 8 heteroatoms. The Morgan fingerprint density at radius 2 is 1.77 bits per heavy atom. The molecule has 1 aliphatic heterocycles. The minimum atomic E-state index is -0.245. The molecule has 0 spiro atoms. The average Bonchev–Trinajstić information content (AvgIpc) is 2.76. The first-order valence-electron chi connectivity index (χ1n) is 10.4. The van der Waals surface area contributed by atoms with Gasteiger partial charge in [-0.05, 0) is 44.0 Å². The first kappa shape index (κ1) is 22.7. The van der Waals surface area contributed by atoms with Crippen molar-refractivity contribution in [3.8, 4) is 17.2 Å². The minimum Gasteiger partial charge on any atom is -0.497 e. The summed E-state index contributed by atoms with van der Waals surface area (Å²) in [5.74, 6) is 1.84. The zero-order valence-electron chi connectivity index (χ0n) is 18.6. The summed E-state index contributed by atoms with van der Waals surface area (Å²) in [6, 6.07) is 6.77. The Labute approximate surface area is 182 Å². The van der Waals surface area contributed by atoms with Gasteiger partial charge in [-0.2, -0.15) is 0 Å². The molecule has 2 aromatic rings. The summed E-state index contributed by atoms with van der Waals surface area (Å²) in [4.78, 5) is 27.5. The Kier molecular flexibility index (Phi) is 7.57. The Balaban J connectivity index is 1.81. The lowest BCUT2D eigenvalue weighted by molar-refractivity contribution is -0.116. The molecule has 0 radical (unpaired) electrons. The van der Waals surface area contributed by atoms with Gasteiger partial charge in [-0.3, -0.25) is 14.5 Å². The van der Waals surface area contributed by atoms with Gasteiger partial charge in [0.15, 0.2) is 5.75 Å². The van der Waals surface area contributed by atoms with Gasteiger partial charge in [-0.25, -0.2) is 0 Å². The zero-order chi connectivity index (χ0) is 22.4. The predicted octanol–water partition coefficient (Wildman–Crippen LogP) is 2.74. The Morgan fingerprint density at radius 1 is 1.06 bits per heavy atom. The van der Waals surface area contributed by atoms with Crippen LogP contribution in [-0.4, -0.2) is 49.8 Å². The van der Waals surface area contributed by atoms with Crippen molar-refractivity contribution >= 4 is 11.6 Å². The molecule has 0 atom stereocenters. The van der Waals surface area contributed by atoms with Crippen LogP contribution in [0.3, 0.4) is 0 Å². The number of nitrogens with zero attached hydrogens (tertiary/aromatic N) is 2. The Hall–Kier alpha value is -3.00. The lowest BCUT2D eigenvalue weighted by atomic mass is 9.99. The molecule has 3 rings (SSSR count). The molecule has 0 aliphatic carbocycles. The molecule has 31 heavy (non-hydrogen) atoms. The normalized spacial score (nSPS) is 14.8. The largest absolute Gasteiger partial charge is 0.497 e. The van der Waals surface area contributed by atoms with Gasteiger partial charge >= 0.3 is 0 Å². The van der Waals surface area contributed by atoms with E-state index >= 15 is 0 Å². The highest BCUT2D eigenvalue weighted by Gasteiger charge is 2.19. The number of carbonyl (C=O) groups is 1. The third-order valence-corrected chi connectivity index (χ3v) is 5.66. The summed E-state index contributed by atoms with van der Waals surface area (Å²) >= 11 is 0. The number of anilines is 1. The summed E-state index contributed by atoms with van der Waals surface area (Å²) in [7, 11) is 4.56. The maximum absolute atomic E-state index is 12.9. The predicted molar refractivity (Wildman–Crippen MR) is 119 cm³/mol. The van der Waals surface area contributed by atoms with E-state index in [9.17, 15) is 9.59 Å². The molecular weight excluding hydrogens is 398 g/mol. The molecule has 168 valence electrons. The molecule has 0 unspecified atom stereocenters. The summed E-state index contributed by atoms with van der Waals surface area (Å²) in [6.45, 7) is 4.87. The maximum atomic E-state index is 12.9. The second kappa shape index (κ2) is 10.3. The quantitative estimate of drug-likeness (QED) is 0.695. The molecule has 1 saturated heterocycles. The maximum Gasteiger partial charge on any atom is 0.244 e. The molecule has 1 aromatic heterocycles. The lowest BCUT2D eigenvalue weighted by Crippen LogP contribution is -2.34. The number of pyridine rings is 1. The molecule has 1 aromatic carbocycles. The third-order valence-electron chi connectivity index (χ3n) is 5.66. The van der Waals surface area contributed by atoms with Crippen LogP contribution < -0.4 is 25.0 Å². The fourth-order valence-electron chi connectivity index (χ4n) is 3.74. The van der Waals surface area contributed by atoms with Crippen LogP contribution in [0.5, 0.6) is 17.2 Å². The van der Waals surface area contributed by atoms with Crippen molar-refractivity contribution in [2.45, 2.75) is 32.9 Å². The first-order chi connectivity index (χ1) is 14.9. The van der Waals surface area contributed by atoms with Gasteiger partial charge in [-0.1, -0.05) is 6.92 Å². The van der Waals surface area contributed by atoms with Crippen LogP contribution >= 0.6 is 0 Å². The number of hydrogen-bond donors (Lipinski definition) is 1. The van der Waals surface area contributed by atoms with Crippen LogP contribution in [0.4, 0.5) is 5.69 Å². The van der Waals surface area contributed by atoms with E-state index in [0.29, 0.717) is 23.7 Å². The zero-order valence-corrected chi connectivity index (χ0v) is 18.6. The highest BCUT2D eigenvalue weighted by molar-refractivity contribution is 5.92. The van der Waals surface area contributed by atoms with Crippen molar-refractivity contribution < 1.29 is 19.0 Å². The van der Waals surface area contributed by atoms with E-state index in [4.69, 9.17) is 14.2 Å². The van der Waals surface area contributed by atoms with Gasteiger partial charge < -0.3 is 24.1 Å². The summed E-state index contributed by atoms with van der Waals surface area (Å²) in [6.07, 6.45) is 3.87. The molecular formula is C23H31N3O5. The third kappa shape index (κ3) is 5.79. The van der Waals surface area contributed by atoms with Crippen LogP contribution in [0.2, 0.25) is 0 Å². The fraction of sp³-hybridized carbons (Fsp3) is 0.478. The van der Waals surface area contributed by atoms with Crippen LogP contribution in [0.1, 0.15) is 25.5 Å². The van der Waals surface area contributed by atoms with Crippen molar-refractivity contribution in [2.75, 3.05) is 39.7 Å². The second-order valence-electron chi connectivity index (χ2n) is 7.90. The van der Waals surface area contributed by atoms with Gasteiger partial charge in [0.1, 0.15) is 18.0 Å². The molecule has 1 fully saturated rings. The number of carbonyl (C=O) groups excluding carboxylic acids is 1. The highest BCUT2D eigenvalue weighted by Crippen LogP contribution is 2.29. The number of amides is 1. The van der Waals surface area contributed by atoms with Gasteiger partial charge in [0.05, 0.1) is 33.2 Å². The standard InChI is InChI=1S/C23H31N3O5/c1-16-7-9-25(10-8-16)13-17-11-20(27)22(31-4)14-26(17)15-23(28)24-19-12-18(29-2)5-6-21(19)30-3/h5-6,11-12,14,16H,7-10,13,15H2,1-4H3,(H,24,28). The van der Waals surface area contributed by atoms with E-state index in [1.165, 1.54) is 7.11 Å². The molecule has 1 aliphatic rings. The van der Waals surface area contributed by atoms with E-state index < -0.39 is 0 Å². The van der Waals surface area contributed by atoms with Crippen LogP contribution in [0.15, 0.2) is 35.3 Å². The minimum absolute atomic E-state index is 0.0383. The van der Waals surface area contributed by atoms with Crippen molar-refractivity contribution in [3.63, 3.8) is 0 Å². The first-order valence-corrected chi connectivity index (χ1v) is 10.4. The lowest BCUT2D eigenvalue weighted by Gasteiger charge is -2.31. The number of piperidine rings is 1. The van der Waals surface area contributed by atoms with Crippen LogP contribution in [0, 0.1) is 5.92 Å². The van der Waals surface area contributed by atoms with E-state index in [2.05, 4.69) is 17.1 Å². The van der Waals surface area contributed by atoms with E-state index in [0.717, 1.165) is 37.5 Å². The van der Waals surface area contributed by atoms with E-state index in [1.54, 1.807) is 49.2 Å². The van der Waals surface area contributed by atoms with Gasteiger partial charge in [0, 0.05) is 24.4 Å². The number of aromatic nitrogens is 1. The van der Waals surface area contributed by atoms with Gasteiger partial charge in [0.25, 0.3) is 0 Å². The Bertz CT molecular complexity index is 964. The van der Waals surface area contributed by atoms with Crippen molar-refractivity contribution in [3.05, 3.63) is 46.4 Å². The smallest absolute Gasteiger partial charge is 0.244 e. The summed E-state index contributed by atoms with van der Waals surface area (Å²) in [5, 5.41) is 2.88. The summed E-state index contributed by atoms with van der Waals surface area (Å²) in [5.41, 5.74) is 1.12. The van der Waals surface area contributed by atoms with Crippen LogP contribution in [0.25, 0.3) is 0 Å². The molecule has 0 bridgehead atoms. The number of hydrogen-bond acceptors (Lipinski definition) is 6. The summed E-state index contributed by atoms with van der Waals surface area (Å²) < 4.78 is 17.6. The van der Waals surface area contributed by atoms with Gasteiger partial charge in [-0.15, -0.1) is 0 Å². The number of likely N-dealkylation sites (tertiary alicyclic amines) is 1. The van der Waals surface area contributed by atoms with E-state index in [1.807, 2.05) is 0 Å². The number of ether oxygens (including phenoxy) is 3. The molecule has 8 nitrogen and oxygen atoms in total. The van der Waals surface area contributed by atoms with Crippen molar-refractivity contribution in [1.82, 2.24) is 9.47 Å². The van der Waals surface area contributed by atoms with Crippen LogP contribution in [-0.2, 0) is 17.9 Å². The fourth-order valence-corrected chi connectivity index (χ4v) is 3.74. The average molecular weight is 430 g/mol. The molecule has 1 N–H and O–H groups in total. The Morgan fingerprint density at radius 3 is 2.42 bits per heavy atom. The van der Waals surface area contributed by atoms with Crippen molar-refractivity contribution in [2.24, 2.45) is 5.92 Å². The topological polar surface area (TPSA) is 82.0 Å². The monoisotopic (exact) mass is 429 g/mol. The number of nitrogens with one attached hydrogen (secondary N) is 1. The van der Waals surface area contributed by atoms with E-state index in [-0.39, 0.29) is 23.6 Å². The van der Waals surface area contributed by atoms with Crippen molar-refractivity contribution in [1.29, 1.82) is 0 Å².